The molecule has 2 N–H and O–H groups in total. The summed E-state index contributed by atoms with van der Waals surface area (Å²) in [5.74, 6) is 0. The molecule has 0 amide bonds. The summed E-state index contributed by atoms with van der Waals surface area (Å²) in [7, 11) is 0. The minimum atomic E-state index is -0.280. The lowest BCUT2D eigenvalue weighted by atomic mass is 10.1. The van der Waals surface area contributed by atoms with Crippen LogP contribution in [0.15, 0.2) is 0 Å². The monoisotopic (exact) mass is 184 g/mol. The predicted octanol–water partition coefficient (Wildman–Crippen LogP) is 0.0280. The maximum absolute atomic E-state index is 8.83. The quantitative estimate of drug-likeness (QED) is 0.647. The molecule has 0 aliphatic carbocycles. The van der Waals surface area contributed by atoms with Gasteiger partial charge in [-0.15, -0.1) is 0 Å². The van der Waals surface area contributed by atoms with Gasteiger partial charge in [-0.1, -0.05) is 0 Å². The molecule has 1 rings (SSSR count). The topological polar surface area (TPSA) is 65.3 Å². The number of nitrogens with zero attached hydrogens (tertiary/aromatic N) is 1. The van der Waals surface area contributed by atoms with Crippen molar-refractivity contribution in [3.8, 4) is 6.07 Å². The van der Waals surface area contributed by atoms with E-state index in [1.54, 1.807) is 0 Å². The largest absolute Gasteiger partial charge is 0.395 e. The zero-order chi connectivity index (χ0) is 9.68. The summed E-state index contributed by atoms with van der Waals surface area (Å²) in [6.45, 7) is 2.52. The Balaban J connectivity index is 2.34. The van der Waals surface area contributed by atoms with Crippen LogP contribution in [0.4, 0.5) is 0 Å². The molecule has 0 bridgehead atoms. The number of rotatable bonds is 4. The van der Waals surface area contributed by atoms with Crippen molar-refractivity contribution in [1.82, 2.24) is 5.32 Å². The normalized spacial score (nSPS) is 29.9. The van der Waals surface area contributed by atoms with Crippen molar-refractivity contribution >= 4 is 0 Å². The van der Waals surface area contributed by atoms with E-state index in [4.69, 9.17) is 15.1 Å². The van der Waals surface area contributed by atoms with Crippen molar-refractivity contribution in [1.29, 1.82) is 5.26 Å². The molecular weight excluding hydrogens is 168 g/mol. The first-order valence-corrected chi connectivity index (χ1v) is 4.67. The van der Waals surface area contributed by atoms with Gasteiger partial charge in [0.05, 0.1) is 24.9 Å². The SMILES string of the molecule is CC1CCC(C(C#N)NCCO)O1. The van der Waals surface area contributed by atoms with Crippen LogP contribution in [-0.4, -0.2) is 36.5 Å². The Kier molecular flexibility index (Phi) is 4.16. The van der Waals surface area contributed by atoms with Crippen LogP contribution < -0.4 is 5.32 Å². The average molecular weight is 184 g/mol. The van der Waals surface area contributed by atoms with Gasteiger partial charge in [0.15, 0.2) is 0 Å². The minimum absolute atomic E-state index is 0.00782. The van der Waals surface area contributed by atoms with Gasteiger partial charge in [-0.2, -0.15) is 5.26 Å². The van der Waals surface area contributed by atoms with Gasteiger partial charge in [0, 0.05) is 6.54 Å². The Bertz CT molecular complexity index is 191. The van der Waals surface area contributed by atoms with E-state index in [9.17, 15) is 0 Å². The molecule has 13 heavy (non-hydrogen) atoms. The van der Waals surface area contributed by atoms with Crippen LogP contribution >= 0.6 is 0 Å². The predicted molar refractivity (Wildman–Crippen MR) is 48.1 cm³/mol. The Morgan fingerprint density at radius 2 is 2.46 bits per heavy atom. The molecule has 1 fully saturated rings. The summed E-state index contributed by atoms with van der Waals surface area (Å²) in [6, 6.07) is 1.87. The van der Waals surface area contributed by atoms with Crippen molar-refractivity contribution in [2.45, 2.75) is 38.0 Å². The molecule has 1 aliphatic rings. The molecule has 0 spiro atoms. The van der Waals surface area contributed by atoms with Crippen molar-refractivity contribution < 1.29 is 9.84 Å². The Morgan fingerprint density at radius 1 is 1.69 bits per heavy atom. The van der Waals surface area contributed by atoms with E-state index in [0.29, 0.717) is 6.54 Å². The zero-order valence-corrected chi connectivity index (χ0v) is 7.86. The standard InChI is InChI=1S/C9H16N2O2/c1-7-2-3-9(13-7)8(6-10)11-4-5-12/h7-9,11-12H,2-5H2,1H3. The summed E-state index contributed by atoms with van der Waals surface area (Å²) in [4.78, 5) is 0. The highest BCUT2D eigenvalue weighted by Gasteiger charge is 2.28. The highest BCUT2D eigenvalue weighted by Crippen LogP contribution is 2.21. The lowest BCUT2D eigenvalue weighted by molar-refractivity contribution is 0.0425. The lowest BCUT2D eigenvalue weighted by Crippen LogP contribution is -2.40. The summed E-state index contributed by atoms with van der Waals surface area (Å²) in [6.07, 6.45) is 2.20. The van der Waals surface area contributed by atoms with E-state index in [1.165, 1.54) is 0 Å². The van der Waals surface area contributed by atoms with E-state index in [1.807, 2.05) is 6.92 Å². The number of ether oxygens (including phenoxy) is 1. The van der Waals surface area contributed by atoms with E-state index >= 15 is 0 Å². The first-order valence-electron chi connectivity index (χ1n) is 4.67. The third kappa shape index (κ3) is 2.96. The highest BCUT2D eigenvalue weighted by atomic mass is 16.5. The van der Waals surface area contributed by atoms with Crippen LogP contribution in [0.25, 0.3) is 0 Å². The number of hydrogen-bond donors (Lipinski definition) is 2. The van der Waals surface area contributed by atoms with Gasteiger partial charge in [0.25, 0.3) is 0 Å². The first-order chi connectivity index (χ1) is 6.27. The second-order valence-corrected chi connectivity index (χ2v) is 3.35. The number of aliphatic hydroxyl groups is 1. The fourth-order valence-corrected chi connectivity index (χ4v) is 1.56. The van der Waals surface area contributed by atoms with Gasteiger partial charge in [-0.25, -0.2) is 0 Å². The number of aliphatic hydroxyl groups excluding tert-OH is 1. The molecule has 0 aromatic carbocycles. The van der Waals surface area contributed by atoms with Crippen LogP contribution in [0.5, 0.6) is 0 Å². The molecular formula is C9H16N2O2. The molecule has 4 nitrogen and oxygen atoms in total. The van der Waals surface area contributed by atoms with Gasteiger partial charge in [0.2, 0.25) is 0 Å². The van der Waals surface area contributed by atoms with E-state index in [2.05, 4.69) is 11.4 Å². The van der Waals surface area contributed by atoms with Crippen molar-refractivity contribution in [2.75, 3.05) is 13.2 Å². The second-order valence-electron chi connectivity index (χ2n) is 3.35. The lowest BCUT2D eigenvalue weighted by Gasteiger charge is -2.17. The first kappa shape index (κ1) is 10.5. The molecule has 3 atom stereocenters. The molecule has 74 valence electrons. The van der Waals surface area contributed by atoms with Crippen LogP contribution in [0.1, 0.15) is 19.8 Å². The summed E-state index contributed by atoms with van der Waals surface area (Å²) >= 11 is 0. The zero-order valence-electron chi connectivity index (χ0n) is 7.86. The van der Waals surface area contributed by atoms with Crippen molar-refractivity contribution in [3.63, 3.8) is 0 Å². The highest BCUT2D eigenvalue weighted by molar-refractivity contribution is 4.97. The molecule has 0 aromatic rings. The summed E-state index contributed by atoms with van der Waals surface area (Å²) in [5, 5.41) is 20.4. The van der Waals surface area contributed by atoms with Gasteiger partial charge < -0.3 is 9.84 Å². The fourth-order valence-electron chi connectivity index (χ4n) is 1.56. The van der Waals surface area contributed by atoms with Crippen LogP contribution in [-0.2, 0) is 4.74 Å². The summed E-state index contributed by atoms with van der Waals surface area (Å²) in [5.41, 5.74) is 0. The van der Waals surface area contributed by atoms with Gasteiger partial charge in [-0.05, 0) is 19.8 Å². The van der Waals surface area contributed by atoms with Crippen LogP contribution in [0.2, 0.25) is 0 Å². The Hall–Kier alpha value is -0.630. The molecule has 1 heterocycles. The maximum atomic E-state index is 8.83. The molecule has 3 unspecified atom stereocenters. The average Bonchev–Trinajstić information content (AvgIpc) is 2.54. The third-order valence-corrected chi connectivity index (χ3v) is 2.25. The number of nitrogens with one attached hydrogen (secondary N) is 1. The molecule has 4 heteroatoms. The molecule has 0 saturated carbocycles. The van der Waals surface area contributed by atoms with E-state index in [-0.39, 0.29) is 24.9 Å². The smallest absolute Gasteiger partial charge is 0.122 e. The molecule has 0 radical (unpaired) electrons. The van der Waals surface area contributed by atoms with Gasteiger partial charge >= 0.3 is 0 Å². The van der Waals surface area contributed by atoms with Crippen molar-refractivity contribution in [2.24, 2.45) is 0 Å². The van der Waals surface area contributed by atoms with Gasteiger partial charge in [-0.3, -0.25) is 5.32 Å². The second kappa shape index (κ2) is 5.18. The Morgan fingerprint density at radius 3 is 2.92 bits per heavy atom. The van der Waals surface area contributed by atoms with E-state index in [0.717, 1.165) is 12.8 Å². The maximum Gasteiger partial charge on any atom is 0.122 e. The Labute approximate surface area is 78.5 Å². The number of nitriles is 1. The van der Waals surface area contributed by atoms with Crippen LogP contribution in [0, 0.1) is 11.3 Å². The minimum Gasteiger partial charge on any atom is -0.395 e. The molecule has 1 saturated heterocycles. The third-order valence-electron chi connectivity index (χ3n) is 2.25. The number of hydrogen-bond acceptors (Lipinski definition) is 4. The van der Waals surface area contributed by atoms with E-state index < -0.39 is 0 Å². The fraction of sp³-hybridized carbons (Fsp3) is 0.889. The van der Waals surface area contributed by atoms with Crippen LogP contribution in [0.3, 0.4) is 0 Å². The summed E-state index contributed by atoms with van der Waals surface area (Å²) < 4.78 is 5.54. The molecule has 0 aromatic heterocycles. The van der Waals surface area contributed by atoms with Gasteiger partial charge in [0.1, 0.15) is 6.04 Å². The molecule has 1 aliphatic heterocycles. The van der Waals surface area contributed by atoms with Crippen molar-refractivity contribution in [3.05, 3.63) is 0 Å².